The largest absolute Gasteiger partial charge is 0.497 e. The maximum atomic E-state index is 12.3. The molecule has 2 aromatic carbocycles. The fourth-order valence-electron chi connectivity index (χ4n) is 2.58. The topological polar surface area (TPSA) is 96.9 Å². The molecule has 2 aromatic rings. The van der Waals surface area contributed by atoms with Crippen LogP contribution in [0.2, 0.25) is 0 Å². The summed E-state index contributed by atoms with van der Waals surface area (Å²) in [5.41, 5.74) is 0.985. The Hall–Kier alpha value is -2.90. The van der Waals surface area contributed by atoms with Gasteiger partial charge in [0.05, 0.1) is 13.2 Å². The summed E-state index contributed by atoms with van der Waals surface area (Å²) in [6, 6.07) is 15.4. The highest BCUT2D eigenvalue weighted by molar-refractivity contribution is 5.94. The van der Waals surface area contributed by atoms with Gasteiger partial charge in [0.15, 0.2) is 0 Å². The van der Waals surface area contributed by atoms with Gasteiger partial charge in [0.25, 0.3) is 11.8 Å². The number of carbonyl (C=O) groups is 2. The Balaban J connectivity index is 1.86. The van der Waals surface area contributed by atoms with E-state index >= 15 is 0 Å². The van der Waals surface area contributed by atoms with Gasteiger partial charge in [-0.1, -0.05) is 18.2 Å². The molecule has 0 aliphatic rings. The number of carbonyl (C=O) groups excluding carboxylic acids is 2. The fourth-order valence-corrected chi connectivity index (χ4v) is 2.58. The molecule has 2 atom stereocenters. The maximum Gasteiger partial charge on any atom is 0.251 e. The maximum absolute atomic E-state index is 12.3. The molecule has 0 heterocycles. The van der Waals surface area contributed by atoms with Crippen LogP contribution in [0.1, 0.15) is 27.6 Å². The summed E-state index contributed by atoms with van der Waals surface area (Å²) in [5.74, 6) is 0.0957. The van der Waals surface area contributed by atoms with Crippen LogP contribution in [0.4, 0.5) is 0 Å². The fraction of sp³-hybridized carbons (Fsp3) is 0.333. The van der Waals surface area contributed by atoms with Crippen molar-refractivity contribution in [2.75, 3.05) is 26.8 Å². The summed E-state index contributed by atoms with van der Waals surface area (Å²) in [5, 5.41) is 15.8. The first-order valence-corrected chi connectivity index (χ1v) is 9.10. The summed E-state index contributed by atoms with van der Waals surface area (Å²) in [7, 11) is 1.56. The molecule has 150 valence electrons. The van der Waals surface area contributed by atoms with Gasteiger partial charge >= 0.3 is 0 Å². The molecule has 2 amide bonds. The van der Waals surface area contributed by atoms with Gasteiger partial charge in [-0.25, -0.2) is 0 Å². The molecule has 3 N–H and O–H groups in total. The van der Waals surface area contributed by atoms with Crippen molar-refractivity contribution >= 4 is 11.8 Å². The molecule has 0 aliphatic heterocycles. The second-order valence-electron chi connectivity index (χ2n) is 6.08. The van der Waals surface area contributed by atoms with Crippen molar-refractivity contribution in [2.24, 2.45) is 0 Å². The molecule has 0 saturated carbocycles. The average Bonchev–Trinajstić information content (AvgIpc) is 2.75. The number of nitrogens with one attached hydrogen (secondary N) is 2. The van der Waals surface area contributed by atoms with Gasteiger partial charge < -0.3 is 25.2 Å². The number of aliphatic hydroxyl groups excluding tert-OH is 1. The van der Waals surface area contributed by atoms with Crippen molar-refractivity contribution in [1.82, 2.24) is 10.6 Å². The third-order valence-electron chi connectivity index (χ3n) is 4.13. The van der Waals surface area contributed by atoms with E-state index in [4.69, 9.17) is 9.47 Å². The molecular formula is C21H26N2O5. The highest BCUT2D eigenvalue weighted by Crippen LogP contribution is 2.11. The lowest BCUT2D eigenvalue weighted by atomic mass is 10.1. The van der Waals surface area contributed by atoms with Crippen LogP contribution in [-0.2, 0) is 4.74 Å². The molecule has 0 fully saturated rings. The molecule has 0 bridgehead atoms. The molecule has 7 heteroatoms. The predicted molar refractivity (Wildman–Crippen MR) is 106 cm³/mol. The number of hydrogen-bond acceptors (Lipinski definition) is 5. The monoisotopic (exact) mass is 386 g/mol. The van der Waals surface area contributed by atoms with Crippen LogP contribution in [0.3, 0.4) is 0 Å². The third kappa shape index (κ3) is 6.37. The predicted octanol–water partition coefficient (Wildman–Crippen LogP) is 1.62. The number of hydrogen-bond donors (Lipinski definition) is 3. The molecule has 0 spiro atoms. The Labute approximate surface area is 164 Å². The zero-order chi connectivity index (χ0) is 20.4. The third-order valence-corrected chi connectivity index (χ3v) is 4.13. The zero-order valence-corrected chi connectivity index (χ0v) is 16.1. The zero-order valence-electron chi connectivity index (χ0n) is 16.1. The summed E-state index contributed by atoms with van der Waals surface area (Å²) < 4.78 is 10.6. The van der Waals surface area contributed by atoms with Gasteiger partial charge in [0.2, 0.25) is 0 Å². The van der Waals surface area contributed by atoms with Gasteiger partial charge in [-0.15, -0.1) is 0 Å². The molecule has 0 radical (unpaired) electrons. The molecule has 0 saturated heterocycles. The highest BCUT2D eigenvalue weighted by atomic mass is 16.5. The van der Waals surface area contributed by atoms with E-state index in [1.54, 1.807) is 62.6 Å². The lowest BCUT2D eigenvalue weighted by molar-refractivity contribution is -0.0287. The van der Waals surface area contributed by atoms with Crippen LogP contribution in [0.5, 0.6) is 5.75 Å². The van der Waals surface area contributed by atoms with Gasteiger partial charge in [-0.3, -0.25) is 9.59 Å². The first-order valence-electron chi connectivity index (χ1n) is 9.10. The lowest BCUT2D eigenvalue weighted by Crippen LogP contribution is -2.46. The average molecular weight is 386 g/mol. The van der Waals surface area contributed by atoms with Crippen LogP contribution in [0, 0.1) is 0 Å². The van der Waals surface area contributed by atoms with E-state index in [-0.39, 0.29) is 24.9 Å². The minimum Gasteiger partial charge on any atom is -0.497 e. The van der Waals surface area contributed by atoms with Crippen molar-refractivity contribution in [1.29, 1.82) is 0 Å². The minimum absolute atomic E-state index is 0.0107. The Morgan fingerprint density at radius 3 is 2.07 bits per heavy atom. The Morgan fingerprint density at radius 2 is 1.50 bits per heavy atom. The van der Waals surface area contributed by atoms with Gasteiger partial charge in [0.1, 0.15) is 11.9 Å². The standard InChI is InChI=1S/C21H26N2O5/c1-3-28-19(14-23-21(26)16-9-11-17(27-2)12-10-16)18(24)13-22-20(25)15-7-5-4-6-8-15/h4-12,18-19,24H,3,13-14H2,1-2H3,(H,22,25)(H,23,26)/t18-,19+/m0/s1. The number of aliphatic hydroxyl groups is 1. The van der Waals surface area contributed by atoms with Crippen molar-refractivity contribution in [3.63, 3.8) is 0 Å². The lowest BCUT2D eigenvalue weighted by Gasteiger charge is -2.23. The second kappa shape index (κ2) is 11.1. The molecular weight excluding hydrogens is 360 g/mol. The molecule has 28 heavy (non-hydrogen) atoms. The Kier molecular flexibility index (Phi) is 8.45. The van der Waals surface area contributed by atoms with Crippen LogP contribution in [0.15, 0.2) is 54.6 Å². The highest BCUT2D eigenvalue weighted by Gasteiger charge is 2.21. The number of ether oxygens (including phenoxy) is 2. The number of benzene rings is 2. The van der Waals surface area contributed by atoms with Crippen molar-refractivity contribution in [2.45, 2.75) is 19.1 Å². The van der Waals surface area contributed by atoms with E-state index in [2.05, 4.69) is 10.6 Å². The number of amides is 2. The molecule has 2 rings (SSSR count). The normalized spacial score (nSPS) is 12.7. The number of methoxy groups -OCH3 is 1. The van der Waals surface area contributed by atoms with E-state index in [1.165, 1.54) is 0 Å². The Morgan fingerprint density at radius 1 is 0.929 bits per heavy atom. The van der Waals surface area contributed by atoms with E-state index in [1.807, 2.05) is 6.07 Å². The first kappa shape index (κ1) is 21.4. The molecule has 0 aliphatic carbocycles. The summed E-state index contributed by atoms with van der Waals surface area (Å²) in [6.45, 7) is 2.29. The van der Waals surface area contributed by atoms with Crippen LogP contribution in [-0.4, -0.2) is 55.9 Å². The van der Waals surface area contributed by atoms with Crippen LogP contribution < -0.4 is 15.4 Å². The van der Waals surface area contributed by atoms with Gasteiger partial charge in [-0.05, 0) is 43.3 Å². The summed E-state index contributed by atoms with van der Waals surface area (Å²) in [6.07, 6.45) is -1.62. The van der Waals surface area contributed by atoms with E-state index in [0.717, 1.165) is 0 Å². The van der Waals surface area contributed by atoms with Crippen molar-refractivity contribution < 1.29 is 24.2 Å². The SMILES string of the molecule is CCO[C@H](CNC(=O)c1ccc(OC)cc1)[C@@H](O)CNC(=O)c1ccccc1. The molecule has 0 unspecified atom stereocenters. The van der Waals surface area contributed by atoms with Gasteiger partial charge in [0, 0.05) is 30.8 Å². The molecule has 0 aromatic heterocycles. The van der Waals surface area contributed by atoms with E-state index in [0.29, 0.717) is 23.5 Å². The van der Waals surface area contributed by atoms with Crippen LogP contribution in [0.25, 0.3) is 0 Å². The summed E-state index contributed by atoms with van der Waals surface area (Å²) >= 11 is 0. The summed E-state index contributed by atoms with van der Waals surface area (Å²) in [4.78, 5) is 24.4. The van der Waals surface area contributed by atoms with Crippen molar-refractivity contribution in [3.8, 4) is 5.75 Å². The second-order valence-corrected chi connectivity index (χ2v) is 6.08. The first-order chi connectivity index (χ1) is 13.5. The van der Waals surface area contributed by atoms with E-state index < -0.39 is 12.2 Å². The van der Waals surface area contributed by atoms with E-state index in [9.17, 15) is 14.7 Å². The number of rotatable bonds is 10. The van der Waals surface area contributed by atoms with Crippen molar-refractivity contribution in [3.05, 3.63) is 65.7 Å². The van der Waals surface area contributed by atoms with Crippen LogP contribution >= 0.6 is 0 Å². The minimum atomic E-state index is -0.969. The molecule has 7 nitrogen and oxygen atoms in total. The quantitative estimate of drug-likeness (QED) is 0.577. The Bertz CT molecular complexity index is 749. The smallest absolute Gasteiger partial charge is 0.251 e. The van der Waals surface area contributed by atoms with Gasteiger partial charge in [-0.2, -0.15) is 0 Å².